The summed E-state index contributed by atoms with van der Waals surface area (Å²) in [5.41, 5.74) is 3.93. The maximum absolute atomic E-state index is 13.4. The third-order valence-corrected chi connectivity index (χ3v) is 9.07. The summed E-state index contributed by atoms with van der Waals surface area (Å²) in [6, 6.07) is 11.4. The number of carboxylic acid groups (broad SMARTS) is 1. The van der Waals surface area contributed by atoms with Gasteiger partial charge in [-0.3, -0.25) is 23.9 Å². The fraction of sp³-hybridized carbons (Fsp3) is 0.406. The Kier molecular flexibility index (Phi) is 8.88. The van der Waals surface area contributed by atoms with Crippen molar-refractivity contribution in [3.63, 3.8) is 0 Å². The average Bonchev–Trinajstić information content (AvgIpc) is 3.66. The fourth-order valence-electron chi connectivity index (χ4n) is 6.16. The van der Waals surface area contributed by atoms with Crippen LogP contribution in [0.2, 0.25) is 5.02 Å². The molecule has 5 heterocycles. The largest absolute Gasteiger partial charge is 0.481 e. The van der Waals surface area contributed by atoms with Crippen LogP contribution in [-0.4, -0.2) is 73.8 Å². The molecule has 0 bridgehead atoms. The number of fused-ring (bicyclic) bond motifs is 1. The molecule has 13 heteroatoms. The molecule has 6 rings (SSSR count). The topological polar surface area (TPSA) is 143 Å². The van der Waals surface area contributed by atoms with Gasteiger partial charge in [-0.15, -0.1) is 0 Å². The molecular weight excluding hydrogens is 598 g/mol. The number of nitrogens with zero attached hydrogens (tertiary/aromatic N) is 5. The average molecular weight is 634 g/mol. The van der Waals surface area contributed by atoms with E-state index in [2.05, 4.69) is 10.6 Å². The quantitative estimate of drug-likeness (QED) is 0.240. The molecule has 2 atom stereocenters. The number of amides is 1. The first kappa shape index (κ1) is 30.8. The highest BCUT2D eigenvalue weighted by Crippen LogP contribution is 2.37. The Hall–Kier alpha value is -4.26. The zero-order valence-corrected chi connectivity index (χ0v) is 26.0. The van der Waals surface area contributed by atoms with Crippen LogP contribution in [-0.2, 0) is 29.7 Å². The van der Waals surface area contributed by atoms with Crippen LogP contribution in [0.15, 0.2) is 47.4 Å². The molecule has 236 valence electrons. The lowest BCUT2D eigenvalue weighted by Crippen LogP contribution is -2.40. The Morgan fingerprint density at radius 3 is 2.78 bits per heavy atom. The number of halogens is 1. The summed E-state index contributed by atoms with van der Waals surface area (Å²) in [6.45, 7) is 2.77. The van der Waals surface area contributed by atoms with Crippen molar-refractivity contribution in [3.05, 3.63) is 69.4 Å². The van der Waals surface area contributed by atoms with E-state index in [4.69, 9.17) is 26.4 Å². The van der Waals surface area contributed by atoms with E-state index in [1.54, 1.807) is 30.9 Å². The zero-order valence-electron chi connectivity index (χ0n) is 25.3. The van der Waals surface area contributed by atoms with Crippen LogP contribution in [0.25, 0.3) is 27.9 Å². The number of nitrogens with one attached hydrogen (secondary N) is 2. The van der Waals surface area contributed by atoms with Crippen molar-refractivity contribution in [2.45, 2.75) is 44.8 Å². The molecule has 0 spiro atoms. The molecule has 0 radical (unpaired) electrons. The highest BCUT2D eigenvalue weighted by atomic mass is 35.5. The van der Waals surface area contributed by atoms with Gasteiger partial charge in [0.15, 0.2) is 0 Å². The molecule has 3 aromatic heterocycles. The number of rotatable bonds is 10. The van der Waals surface area contributed by atoms with Crippen LogP contribution < -0.4 is 20.9 Å². The number of aliphatic carboxylic acids is 1. The minimum atomic E-state index is -0.792. The summed E-state index contributed by atoms with van der Waals surface area (Å²) in [5.74, 6) is -0.0811. The van der Waals surface area contributed by atoms with E-state index in [1.165, 1.54) is 4.57 Å². The number of hydrogen-bond donors (Lipinski definition) is 3. The Labute approximate surface area is 265 Å². The van der Waals surface area contributed by atoms with E-state index in [9.17, 15) is 19.5 Å². The minimum absolute atomic E-state index is 0.0894. The summed E-state index contributed by atoms with van der Waals surface area (Å²) in [6.07, 6.45) is 4.62. The zero-order chi connectivity index (χ0) is 31.7. The lowest BCUT2D eigenvalue weighted by Gasteiger charge is -2.30. The number of aromatic nitrogens is 4. The van der Waals surface area contributed by atoms with E-state index in [-0.39, 0.29) is 17.5 Å². The fourth-order valence-corrected chi connectivity index (χ4v) is 6.49. The summed E-state index contributed by atoms with van der Waals surface area (Å²) in [7, 11) is 3.27. The van der Waals surface area contributed by atoms with Crippen molar-refractivity contribution >= 4 is 29.0 Å². The van der Waals surface area contributed by atoms with Gasteiger partial charge in [0.05, 0.1) is 30.3 Å². The van der Waals surface area contributed by atoms with Gasteiger partial charge in [0.2, 0.25) is 11.8 Å². The molecule has 2 aliphatic rings. The molecule has 2 saturated heterocycles. The lowest BCUT2D eigenvalue weighted by atomic mass is 9.98. The number of ether oxygens (including phenoxy) is 1. The highest BCUT2D eigenvalue weighted by Gasteiger charge is 2.26. The normalized spacial score (nSPS) is 18.8. The Morgan fingerprint density at radius 1 is 1.20 bits per heavy atom. The Morgan fingerprint density at radius 2 is 2.02 bits per heavy atom. The smallest absolute Gasteiger partial charge is 0.307 e. The number of methoxy groups -OCH3 is 1. The Balaban J connectivity index is 1.24. The van der Waals surface area contributed by atoms with Crippen molar-refractivity contribution in [3.8, 4) is 28.3 Å². The van der Waals surface area contributed by atoms with Crippen molar-refractivity contribution < 1.29 is 19.4 Å². The van der Waals surface area contributed by atoms with Gasteiger partial charge < -0.3 is 20.5 Å². The molecule has 1 aromatic carbocycles. The molecule has 0 aliphatic carbocycles. The van der Waals surface area contributed by atoms with Gasteiger partial charge in [0.25, 0.3) is 5.56 Å². The summed E-state index contributed by atoms with van der Waals surface area (Å²) in [5, 5.41) is 21.0. The van der Waals surface area contributed by atoms with Crippen LogP contribution in [0.3, 0.4) is 0 Å². The lowest BCUT2D eigenvalue weighted by molar-refractivity contribution is -0.143. The second-order valence-electron chi connectivity index (χ2n) is 11.7. The van der Waals surface area contributed by atoms with E-state index in [1.807, 2.05) is 35.2 Å². The van der Waals surface area contributed by atoms with E-state index in [0.29, 0.717) is 67.0 Å². The number of carbonyl (C=O) groups excluding carboxylic acids is 1. The van der Waals surface area contributed by atoms with Gasteiger partial charge in [-0.05, 0) is 37.9 Å². The van der Waals surface area contributed by atoms with E-state index < -0.39 is 11.9 Å². The van der Waals surface area contributed by atoms with Gasteiger partial charge in [-0.25, -0.2) is 9.50 Å². The van der Waals surface area contributed by atoms with Crippen molar-refractivity contribution in [1.29, 1.82) is 0 Å². The van der Waals surface area contributed by atoms with Crippen LogP contribution >= 0.6 is 11.6 Å². The predicted octanol–water partition coefficient (Wildman–Crippen LogP) is 3.09. The first-order valence-corrected chi connectivity index (χ1v) is 15.5. The van der Waals surface area contributed by atoms with Crippen LogP contribution in [0.4, 0.5) is 0 Å². The molecular formula is C32H36ClN7O5. The monoisotopic (exact) mass is 633 g/mol. The minimum Gasteiger partial charge on any atom is -0.481 e. The summed E-state index contributed by atoms with van der Waals surface area (Å²) >= 11 is 6.98. The Bertz CT molecular complexity index is 1820. The van der Waals surface area contributed by atoms with Crippen LogP contribution in [0.5, 0.6) is 5.88 Å². The standard InChI is InChI=1S/C32H36ClN7O5/c1-38-27(18-39-12-4-5-20(16-39)32(43)44)37-40-17-21(13-26(40)31(38)42)23-6-3-7-24(29(23)33)25-10-8-19(30(36-25)45-2)14-34-15-22-9-11-28(41)35-22/h3,6-8,10,13,17,20,22,34H,4-5,9,11-12,14-16,18H2,1-2H3,(H,35,41)(H,43,44)/t20-,22+/m0/s1. The first-order valence-electron chi connectivity index (χ1n) is 15.1. The molecule has 12 nitrogen and oxygen atoms in total. The van der Waals surface area contributed by atoms with Gasteiger partial charge in [0.1, 0.15) is 11.3 Å². The molecule has 0 saturated carbocycles. The van der Waals surface area contributed by atoms with Gasteiger partial charge in [-0.2, -0.15) is 5.10 Å². The SMILES string of the molecule is COc1nc(-c2cccc(-c3cc4c(=O)n(C)c(CN5CCC[C@H](C(=O)O)C5)nn4c3)c2Cl)ccc1CNC[C@H]1CCC(=O)N1. The van der Waals surface area contributed by atoms with Crippen molar-refractivity contribution in [2.24, 2.45) is 13.0 Å². The maximum Gasteiger partial charge on any atom is 0.307 e. The van der Waals surface area contributed by atoms with Crippen LogP contribution in [0, 0.1) is 5.92 Å². The molecule has 1 amide bonds. The maximum atomic E-state index is 13.4. The third kappa shape index (κ3) is 6.44. The summed E-state index contributed by atoms with van der Waals surface area (Å²) in [4.78, 5) is 43.1. The molecule has 2 aliphatic heterocycles. The number of hydrogen-bond acceptors (Lipinski definition) is 8. The molecule has 2 fully saturated rings. The van der Waals surface area contributed by atoms with E-state index >= 15 is 0 Å². The molecule has 45 heavy (non-hydrogen) atoms. The van der Waals surface area contributed by atoms with Gasteiger partial charge >= 0.3 is 5.97 Å². The summed E-state index contributed by atoms with van der Waals surface area (Å²) < 4.78 is 8.71. The number of piperidine rings is 1. The predicted molar refractivity (Wildman–Crippen MR) is 169 cm³/mol. The van der Waals surface area contributed by atoms with Gasteiger partial charge in [0, 0.05) is 67.6 Å². The second-order valence-corrected chi connectivity index (χ2v) is 12.1. The second kappa shape index (κ2) is 13.0. The number of carboxylic acids is 1. The molecule has 4 aromatic rings. The molecule has 3 N–H and O–H groups in total. The number of benzene rings is 1. The number of carbonyl (C=O) groups is 2. The molecule has 0 unspecified atom stereocenters. The third-order valence-electron chi connectivity index (χ3n) is 8.66. The van der Waals surface area contributed by atoms with Crippen molar-refractivity contribution in [2.75, 3.05) is 26.7 Å². The van der Waals surface area contributed by atoms with Gasteiger partial charge in [-0.1, -0.05) is 35.9 Å². The van der Waals surface area contributed by atoms with E-state index in [0.717, 1.165) is 41.6 Å². The first-order chi connectivity index (χ1) is 21.7. The number of pyridine rings is 1. The highest BCUT2D eigenvalue weighted by molar-refractivity contribution is 6.36. The number of likely N-dealkylation sites (tertiary alicyclic amines) is 1. The van der Waals surface area contributed by atoms with Crippen LogP contribution in [0.1, 0.15) is 37.1 Å². The van der Waals surface area contributed by atoms with Crippen molar-refractivity contribution in [1.82, 2.24) is 34.7 Å².